The zero-order chi connectivity index (χ0) is 14.2. The molecule has 21 heavy (non-hydrogen) atoms. The van der Waals surface area contributed by atoms with Crippen LogP contribution in [-0.4, -0.2) is 5.11 Å². The highest BCUT2D eigenvalue weighted by molar-refractivity contribution is 5.74. The molecule has 0 saturated heterocycles. The molecule has 0 radical (unpaired) electrons. The second-order valence-corrected chi connectivity index (χ2v) is 5.19. The van der Waals surface area contributed by atoms with Gasteiger partial charge in [0.05, 0.1) is 0 Å². The lowest BCUT2D eigenvalue weighted by Gasteiger charge is -2.22. The third-order valence-electron chi connectivity index (χ3n) is 3.88. The molecule has 0 spiro atoms. The summed E-state index contributed by atoms with van der Waals surface area (Å²) in [5.41, 5.74) is 3.81. The minimum atomic E-state index is 0.313. The first-order valence-electron chi connectivity index (χ1n) is 6.99. The molecule has 102 valence electrons. The van der Waals surface area contributed by atoms with E-state index in [4.69, 9.17) is 4.74 Å². The molecule has 0 fully saturated rings. The summed E-state index contributed by atoms with van der Waals surface area (Å²) in [6.45, 7) is 0. The van der Waals surface area contributed by atoms with Crippen molar-refractivity contribution >= 4 is 0 Å². The van der Waals surface area contributed by atoms with Crippen LogP contribution in [0.5, 0.6) is 17.2 Å². The van der Waals surface area contributed by atoms with Crippen LogP contribution in [0.1, 0.15) is 11.1 Å². The Hall–Kier alpha value is -2.74. The van der Waals surface area contributed by atoms with Crippen molar-refractivity contribution in [2.45, 2.75) is 6.42 Å². The Morgan fingerprint density at radius 2 is 1.52 bits per heavy atom. The van der Waals surface area contributed by atoms with Gasteiger partial charge in [0.1, 0.15) is 17.2 Å². The van der Waals surface area contributed by atoms with Gasteiger partial charge in [-0.25, -0.2) is 0 Å². The van der Waals surface area contributed by atoms with Crippen molar-refractivity contribution in [3.8, 4) is 28.4 Å². The van der Waals surface area contributed by atoms with Crippen molar-refractivity contribution in [2.24, 2.45) is 0 Å². The minimum Gasteiger partial charge on any atom is -0.507 e. The molecule has 0 atom stereocenters. The summed E-state index contributed by atoms with van der Waals surface area (Å²) < 4.78 is 5.89. The van der Waals surface area contributed by atoms with Gasteiger partial charge in [-0.3, -0.25) is 0 Å². The lowest BCUT2D eigenvalue weighted by Crippen LogP contribution is -2.03. The van der Waals surface area contributed by atoms with Crippen LogP contribution in [0.3, 0.4) is 0 Å². The zero-order valence-corrected chi connectivity index (χ0v) is 11.4. The van der Waals surface area contributed by atoms with Crippen LogP contribution in [0.15, 0.2) is 66.7 Å². The SMILES string of the molecule is Oc1c(-c2ccccc2)ccc2c1Cc1ccccc1O2. The summed E-state index contributed by atoms with van der Waals surface area (Å²) in [6, 6.07) is 21.7. The molecule has 3 aromatic rings. The molecule has 0 aromatic heterocycles. The van der Waals surface area contributed by atoms with Crippen LogP contribution >= 0.6 is 0 Å². The third kappa shape index (κ3) is 1.96. The van der Waals surface area contributed by atoms with Gasteiger partial charge < -0.3 is 9.84 Å². The lowest BCUT2D eigenvalue weighted by molar-refractivity contribution is 0.433. The molecule has 1 heterocycles. The summed E-state index contributed by atoms with van der Waals surface area (Å²) in [5.74, 6) is 1.93. The molecular weight excluding hydrogens is 260 g/mol. The predicted molar refractivity (Wildman–Crippen MR) is 82.9 cm³/mol. The van der Waals surface area contributed by atoms with E-state index < -0.39 is 0 Å². The van der Waals surface area contributed by atoms with Crippen LogP contribution in [0, 0.1) is 0 Å². The van der Waals surface area contributed by atoms with E-state index in [-0.39, 0.29) is 0 Å². The lowest BCUT2D eigenvalue weighted by atomic mass is 9.94. The Kier molecular flexibility index (Phi) is 2.68. The van der Waals surface area contributed by atoms with Crippen LogP contribution in [0.4, 0.5) is 0 Å². The van der Waals surface area contributed by atoms with Gasteiger partial charge in [0.2, 0.25) is 0 Å². The summed E-state index contributed by atoms with van der Waals surface area (Å²) in [7, 11) is 0. The molecule has 3 aromatic carbocycles. The molecule has 0 bridgehead atoms. The number of fused-ring (bicyclic) bond motifs is 2. The molecule has 0 unspecified atom stereocenters. The molecule has 1 aliphatic rings. The summed E-state index contributed by atoms with van der Waals surface area (Å²) in [4.78, 5) is 0. The first-order chi connectivity index (χ1) is 10.3. The van der Waals surface area contributed by atoms with Crippen molar-refractivity contribution in [1.82, 2.24) is 0 Å². The number of rotatable bonds is 1. The molecule has 0 amide bonds. The molecular formula is C19H14O2. The fraction of sp³-hybridized carbons (Fsp3) is 0.0526. The Labute approximate surface area is 123 Å². The predicted octanol–water partition coefficient (Wildman–Crippen LogP) is 4.76. The highest BCUT2D eigenvalue weighted by Gasteiger charge is 2.21. The van der Waals surface area contributed by atoms with Crippen molar-refractivity contribution in [1.29, 1.82) is 0 Å². The van der Waals surface area contributed by atoms with Gasteiger partial charge in [-0.2, -0.15) is 0 Å². The van der Waals surface area contributed by atoms with Gasteiger partial charge in [0.25, 0.3) is 0 Å². The van der Waals surface area contributed by atoms with Gasteiger partial charge in [0.15, 0.2) is 0 Å². The number of hydrogen-bond donors (Lipinski definition) is 1. The normalized spacial score (nSPS) is 12.2. The summed E-state index contributed by atoms with van der Waals surface area (Å²) >= 11 is 0. The van der Waals surface area contributed by atoms with Crippen molar-refractivity contribution in [3.05, 3.63) is 77.9 Å². The van der Waals surface area contributed by atoms with Crippen LogP contribution in [0.25, 0.3) is 11.1 Å². The fourth-order valence-corrected chi connectivity index (χ4v) is 2.79. The molecule has 1 N–H and O–H groups in total. The van der Waals surface area contributed by atoms with Crippen molar-refractivity contribution < 1.29 is 9.84 Å². The van der Waals surface area contributed by atoms with Gasteiger partial charge >= 0.3 is 0 Å². The van der Waals surface area contributed by atoms with E-state index in [1.165, 1.54) is 0 Å². The average molecular weight is 274 g/mol. The van der Waals surface area contributed by atoms with Crippen molar-refractivity contribution in [3.63, 3.8) is 0 Å². The molecule has 0 saturated carbocycles. The first-order valence-corrected chi connectivity index (χ1v) is 6.99. The molecule has 2 heteroatoms. The zero-order valence-electron chi connectivity index (χ0n) is 11.4. The number of ether oxygens (including phenoxy) is 1. The van der Waals surface area contributed by atoms with E-state index in [2.05, 4.69) is 0 Å². The number of hydrogen-bond acceptors (Lipinski definition) is 2. The smallest absolute Gasteiger partial charge is 0.134 e. The molecule has 2 nitrogen and oxygen atoms in total. The van der Waals surface area contributed by atoms with Gasteiger partial charge in [0, 0.05) is 17.5 Å². The van der Waals surface area contributed by atoms with Gasteiger partial charge in [-0.05, 0) is 29.3 Å². The Balaban J connectivity index is 1.84. The van der Waals surface area contributed by atoms with E-state index in [1.807, 2.05) is 66.7 Å². The maximum absolute atomic E-state index is 10.6. The summed E-state index contributed by atoms with van der Waals surface area (Å²) in [6.07, 6.45) is 0.692. The summed E-state index contributed by atoms with van der Waals surface area (Å²) in [5, 5.41) is 10.6. The largest absolute Gasteiger partial charge is 0.507 e. The van der Waals surface area contributed by atoms with Gasteiger partial charge in [-0.15, -0.1) is 0 Å². The number of phenolic OH excluding ortho intramolecular Hbond substituents is 1. The second-order valence-electron chi connectivity index (χ2n) is 5.19. The monoisotopic (exact) mass is 274 g/mol. The van der Waals surface area contributed by atoms with E-state index in [0.29, 0.717) is 12.2 Å². The maximum Gasteiger partial charge on any atom is 0.134 e. The standard InChI is InChI=1S/C19H14O2/c20-19-15(13-6-2-1-3-7-13)10-11-18-16(19)12-14-8-4-5-9-17(14)21-18/h1-11,20H,12H2. The van der Waals surface area contributed by atoms with E-state index >= 15 is 0 Å². The maximum atomic E-state index is 10.6. The highest BCUT2D eigenvalue weighted by Crippen LogP contribution is 2.44. The number of phenols is 1. The van der Waals surface area contributed by atoms with Crippen LogP contribution < -0.4 is 4.74 Å². The first kappa shape index (κ1) is 12.0. The molecule has 4 rings (SSSR count). The number of benzene rings is 3. The van der Waals surface area contributed by atoms with Crippen molar-refractivity contribution in [2.75, 3.05) is 0 Å². The topological polar surface area (TPSA) is 29.5 Å². The van der Waals surface area contributed by atoms with Gasteiger partial charge in [-0.1, -0.05) is 48.5 Å². The fourth-order valence-electron chi connectivity index (χ4n) is 2.79. The average Bonchev–Trinajstić information content (AvgIpc) is 2.55. The minimum absolute atomic E-state index is 0.313. The van der Waals surface area contributed by atoms with Crippen LogP contribution in [0.2, 0.25) is 0 Å². The third-order valence-corrected chi connectivity index (χ3v) is 3.88. The van der Waals surface area contributed by atoms with E-state index in [1.54, 1.807) is 0 Å². The van der Waals surface area contributed by atoms with E-state index in [0.717, 1.165) is 33.8 Å². The van der Waals surface area contributed by atoms with E-state index in [9.17, 15) is 5.11 Å². The quantitative estimate of drug-likeness (QED) is 0.542. The molecule has 1 aliphatic heterocycles. The van der Waals surface area contributed by atoms with Crippen LogP contribution in [-0.2, 0) is 6.42 Å². The highest BCUT2D eigenvalue weighted by atomic mass is 16.5. The Morgan fingerprint density at radius 3 is 2.38 bits per heavy atom. The Bertz CT molecular complexity index is 807. The number of aromatic hydroxyl groups is 1. The number of para-hydroxylation sites is 1. The second kappa shape index (κ2) is 4.67. The molecule has 0 aliphatic carbocycles. The Morgan fingerprint density at radius 1 is 0.762 bits per heavy atom.